The highest BCUT2D eigenvalue weighted by Gasteiger charge is 2.07. The quantitative estimate of drug-likeness (QED) is 0.404. The van der Waals surface area contributed by atoms with Crippen molar-refractivity contribution in [3.63, 3.8) is 0 Å². The average Bonchev–Trinajstić information content (AvgIpc) is 3.12. The Bertz CT molecular complexity index is 757. The van der Waals surface area contributed by atoms with Crippen molar-refractivity contribution in [3.8, 4) is 5.69 Å². The van der Waals surface area contributed by atoms with Crippen molar-refractivity contribution >= 4 is 11.9 Å². The Labute approximate surface area is 158 Å². The highest BCUT2D eigenvalue weighted by molar-refractivity contribution is 5.86. The Morgan fingerprint density at radius 3 is 2.67 bits per heavy atom. The van der Waals surface area contributed by atoms with E-state index < -0.39 is 0 Å². The molecule has 27 heavy (non-hydrogen) atoms. The Hall–Kier alpha value is -2.94. The fourth-order valence-corrected chi connectivity index (χ4v) is 2.11. The summed E-state index contributed by atoms with van der Waals surface area (Å²) in [6, 6.07) is 7.92. The topological polar surface area (TPSA) is 83.8 Å². The molecule has 9 heteroatoms. The lowest BCUT2D eigenvalue weighted by molar-refractivity contribution is -0.127. The Kier molecular flexibility index (Phi) is 7.75. The number of carbonyl (C=O) groups is 1. The van der Waals surface area contributed by atoms with Gasteiger partial charge in [-0.15, -0.1) is 0 Å². The third kappa shape index (κ3) is 6.70. The second-order valence-electron chi connectivity index (χ2n) is 5.95. The normalized spacial score (nSPS) is 11.3. The first-order valence-electron chi connectivity index (χ1n) is 8.51. The van der Waals surface area contributed by atoms with E-state index in [2.05, 4.69) is 20.7 Å². The smallest absolute Gasteiger partial charge is 0.241 e. The molecular weight excluding hydrogens is 351 g/mol. The lowest BCUT2D eigenvalue weighted by atomic mass is 10.3. The van der Waals surface area contributed by atoms with Crippen molar-refractivity contribution in [2.45, 2.75) is 6.54 Å². The number of aromatic nitrogens is 2. The molecule has 0 atom stereocenters. The van der Waals surface area contributed by atoms with Crippen LogP contribution >= 0.6 is 0 Å². The fraction of sp³-hybridized carbons (Fsp3) is 0.389. The van der Waals surface area contributed by atoms with E-state index in [9.17, 15) is 9.18 Å². The number of benzene rings is 1. The molecule has 0 aliphatic carbocycles. The largest absolute Gasteiger partial charge is 0.383 e. The summed E-state index contributed by atoms with van der Waals surface area (Å²) >= 11 is 0. The number of hydrogen-bond donors (Lipinski definition) is 2. The molecule has 1 amide bonds. The number of amides is 1. The zero-order valence-electron chi connectivity index (χ0n) is 15.8. The van der Waals surface area contributed by atoms with Crippen molar-refractivity contribution in [3.05, 3.63) is 48.0 Å². The van der Waals surface area contributed by atoms with Crippen LogP contribution in [-0.2, 0) is 16.1 Å². The van der Waals surface area contributed by atoms with Gasteiger partial charge in [-0.25, -0.2) is 14.1 Å². The van der Waals surface area contributed by atoms with E-state index in [1.165, 1.54) is 17.0 Å². The molecule has 1 aromatic heterocycles. The summed E-state index contributed by atoms with van der Waals surface area (Å²) < 4.78 is 19.7. The van der Waals surface area contributed by atoms with E-state index in [0.717, 1.165) is 11.4 Å². The molecule has 0 aliphatic heterocycles. The SMILES string of the molecule is COCCNC(=NCc1ccn(-c2ccc(F)cc2)n1)NCC(=O)N(C)C. The maximum absolute atomic E-state index is 13.0. The van der Waals surface area contributed by atoms with Gasteiger partial charge in [0.1, 0.15) is 5.82 Å². The second-order valence-corrected chi connectivity index (χ2v) is 5.95. The van der Waals surface area contributed by atoms with Crippen LogP contribution in [0.3, 0.4) is 0 Å². The summed E-state index contributed by atoms with van der Waals surface area (Å²) in [6.45, 7) is 1.53. The molecule has 0 bridgehead atoms. The van der Waals surface area contributed by atoms with Gasteiger partial charge in [0.2, 0.25) is 5.91 Å². The van der Waals surface area contributed by atoms with Crippen LogP contribution < -0.4 is 10.6 Å². The number of guanidine groups is 1. The minimum Gasteiger partial charge on any atom is -0.383 e. The Morgan fingerprint density at radius 2 is 2.00 bits per heavy atom. The van der Waals surface area contributed by atoms with E-state index in [1.807, 2.05) is 6.07 Å². The number of nitrogens with one attached hydrogen (secondary N) is 2. The zero-order valence-corrected chi connectivity index (χ0v) is 15.8. The van der Waals surface area contributed by atoms with Crippen LogP contribution in [0.2, 0.25) is 0 Å². The number of carbonyl (C=O) groups excluding carboxylic acids is 1. The van der Waals surface area contributed by atoms with Gasteiger partial charge in [0, 0.05) is 33.9 Å². The molecule has 0 aliphatic rings. The number of aliphatic imine (C=N–C) groups is 1. The summed E-state index contributed by atoms with van der Waals surface area (Å²) in [5.74, 6) is 0.149. The number of methoxy groups -OCH3 is 1. The van der Waals surface area contributed by atoms with Gasteiger partial charge < -0.3 is 20.3 Å². The first kappa shape index (κ1) is 20.4. The molecule has 2 aromatic rings. The monoisotopic (exact) mass is 376 g/mol. The van der Waals surface area contributed by atoms with Crippen LogP contribution in [0.25, 0.3) is 5.69 Å². The summed E-state index contributed by atoms with van der Waals surface area (Å²) in [4.78, 5) is 17.7. The maximum atomic E-state index is 13.0. The lowest BCUT2D eigenvalue weighted by Gasteiger charge is -2.14. The van der Waals surface area contributed by atoms with Crippen LogP contribution in [0.15, 0.2) is 41.5 Å². The predicted molar refractivity (Wildman–Crippen MR) is 101 cm³/mol. The number of halogens is 1. The second kappa shape index (κ2) is 10.3. The maximum Gasteiger partial charge on any atom is 0.241 e. The minimum atomic E-state index is -0.291. The number of rotatable bonds is 8. The van der Waals surface area contributed by atoms with Gasteiger partial charge in [-0.05, 0) is 30.3 Å². The molecule has 0 radical (unpaired) electrons. The third-order valence-corrected chi connectivity index (χ3v) is 3.64. The van der Waals surface area contributed by atoms with Gasteiger partial charge in [-0.3, -0.25) is 4.79 Å². The average molecular weight is 376 g/mol. The van der Waals surface area contributed by atoms with Gasteiger partial charge in [-0.2, -0.15) is 5.10 Å². The van der Waals surface area contributed by atoms with Crippen LogP contribution in [-0.4, -0.2) is 67.4 Å². The number of nitrogens with zero attached hydrogens (tertiary/aromatic N) is 4. The summed E-state index contributed by atoms with van der Waals surface area (Å²) in [5.41, 5.74) is 1.51. The molecule has 146 valence electrons. The van der Waals surface area contributed by atoms with Gasteiger partial charge in [0.25, 0.3) is 0 Å². The molecule has 2 rings (SSSR count). The molecular formula is C18H25FN6O2. The highest BCUT2D eigenvalue weighted by atomic mass is 19.1. The van der Waals surface area contributed by atoms with Crippen LogP contribution in [0.1, 0.15) is 5.69 Å². The first-order chi connectivity index (χ1) is 13.0. The molecule has 0 saturated heterocycles. The molecule has 2 N–H and O–H groups in total. The molecule has 1 heterocycles. The molecule has 0 spiro atoms. The number of hydrogen-bond acceptors (Lipinski definition) is 4. The van der Waals surface area contributed by atoms with E-state index in [4.69, 9.17) is 4.74 Å². The third-order valence-electron chi connectivity index (χ3n) is 3.64. The Morgan fingerprint density at radius 1 is 1.26 bits per heavy atom. The van der Waals surface area contributed by atoms with Crippen LogP contribution in [0.5, 0.6) is 0 Å². The van der Waals surface area contributed by atoms with Crippen molar-refractivity contribution in [1.82, 2.24) is 25.3 Å². The standard InChI is InChI=1S/C18H25FN6O2/c1-24(2)17(26)13-22-18(20-9-11-27-3)21-12-15-8-10-25(23-15)16-6-4-14(19)5-7-16/h4-8,10H,9,11-13H2,1-3H3,(H2,20,21,22). The Balaban J connectivity index is 2.00. The van der Waals surface area contributed by atoms with E-state index >= 15 is 0 Å². The number of likely N-dealkylation sites (N-methyl/N-ethyl adjacent to an activating group) is 1. The minimum absolute atomic E-state index is 0.0585. The van der Waals surface area contributed by atoms with E-state index in [-0.39, 0.29) is 18.3 Å². The predicted octanol–water partition coefficient (Wildman–Crippen LogP) is 0.781. The summed E-state index contributed by atoms with van der Waals surface area (Å²) in [7, 11) is 5.01. The van der Waals surface area contributed by atoms with Crippen molar-refractivity contribution in [2.24, 2.45) is 4.99 Å². The number of ether oxygens (including phenoxy) is 1. The van der Waals surface area contributed by atoms with Gasteiger partial charge in [-0.1, -0.05) is 0 Å². The molecule has 0 saturated carbocycles. The molecule has 0 fully saturated rings. The van der Waals surface area contributed by atoms with Crippen LogP contribution in [0.4, 0.5) is 4.39 Å². The van der Waals surface area contributed by atoms with Crippen molar-refractivity contribution in [1.29, 1.82) is 0 Å². The van der Waals surface area contributed by atoms with Crippen LogP contribution in [0, 0.1) is 5.82 Å². The van der Waals surface area contributed by atoms with E-state index in [1.54, 1.807) is 44.2 Å². The lowest BCUT2D eigenvalue weighted by Crippen LogP contribution is -2.43. The van der Waals surface area contributed by atoms with Crippen molar-refractivity contribution < 1.29 is 13.9 Å². The van der Waals surface area contributed by atoms with Crippen molar-refractivity contribution in [2.75, 3.05) is 40.9 Å². The first-order valence-corrected chi connectivity index (χ1v) is 8.51. The van der Waals surface area contributed by atoms with E-state index in [0.29, 0.717) is 25.7 Å². The van der Waals surface area contributed by atoms with Gasteiger partial charge in [0.15, 0.2) is 5.96 Å². The highest BCUT2D eigenvalue weighted by Crippen LogP contribution is 2.09. The molecule has 8 nitrogen and oxygen atoms in total. The van der Waals surface area contributed by atoms with Gasteiger partial charge >= 0.3 is 0 Å². The summed E-state index contributed by atoms with van der Waals surface area (Å²) in [6.07, 6.45) is 1.79. The summed E-state index contributed by atoms with van der Waals surface area (Å²) in [5, 5.41) is 10.5. The van der Waals surface area contributed by atoms with Gasteiger partial charge in [0.05, 0.1) is 31.1 Å². The molecule has 0 unspecified atom stereocenters. The fourth-order valence-electron chi connectivity index (χ4n) is 2.11. The molecule has 1 aromatic carbocycles. The zero-order chi connectivity index (χ0) is 19.6.